The number of benzene rings is 2. The lowest BCUT2D eigenvalue weighted by atomic mass is 10.1. The maximum atomic E-state index is 12.2. The van der Waals surface area contributed by atoms with Crippen LogP contribution in [0.1, 0.15) is 45.7 Å². The van der Waals surface area contributed by atoms with Gasteiger partial charge in [-0.15, -0.1) is 0 Å². The SMILES string of the molecule is CC(=O)c1cc(CN(Cc2ccc(O)c(C(C)=O)c2)S(C)(=O)=O)ccc1O. The van der Waals surface area contributed by atoms with Gasteiger partial charge in [0.2, 0.25) is 10.0 Å². The van der Waals surface area contributed by atoms with E-state index in [-0.39, 0.29) is 47.3 Å². The number of rotatable bonds is 7. The van der Waals surface area contributed by atoms with Gasteiger partial charge in [-0.2, -0.15) is 4.31 Å². The summed E-state index contributed by atoms with van der Waals surface area (Å²) in [6.07, 6.45) is 1.06. The number of phenolic OH excluding ortho intramolecular Hbond substituents is 2. The van der Waals surface area contributed by atoms with Crippen LogP contribution in [0.5, 0.6) is 11.5 Å². The first kappa shape index (κ1) is 20.6. The molecule has 0 amide bonds. The summed E-state index contributed by atoms with van der Waals surface area (Å²) in [7, 11) is -3.61. The largest absolute Gasteiger partial charge is 0.507 e. The Labute approximate surface area is 157 Å². The molecule has 144 valence electrons. The number of hydrogen-bond donors (Lipinski definition) is 2. The van der Waals surface area contributed by atoms with E-state index >= 15 is 0 Å². The molecule has 2 aromatic rings. The summed E-state index contributed by atoms with van der Waals surface area (Å²) in [5.74, 6) is -0.988. The first-order valence-corrected chi connectivity index (χ1v) is 9.94. The molecule has 2 aromatic carbocycles. The highest BCUT2D eigenvalue weighted by molar-refractivity contribution is 7.88. The Morgan fingerprint density at radius 1 is 0.852 bits per heavy atom. The van der Waals surface area contributed by atoms with Gasteiger partial charge in [0.15, 0.2) is 11.6 Å². The molecule has 0 bridgehead atoms. The molecule has 0 fully saturated rings. The average molecular weight is 391 g/mol. The van der Waals surface area contributed by atoms with Gasteiger partial charge in [-0.05, 0) is 49.2 Å². The fourth-order valence-corrected chi connectivity index (χ4v) is 3.39. The topological polar surface area (TPSA) is 112 Å². The Hall–Kier alpha value is -2.71. The number of aromatic hydroxyl groups is 2. The first-order chi connectivity index (χ1) is 12.5. The number of Topliss-reactive ketones (excluding diaryl/α,β-unsaturated/α-hetero) is 2. The molecule has 0 aliphatic rings. The summed E-state index contributed by atoms with van der Waals surface area (Å²) in [6, 6.07) is 8.68. The van der Waals surface area contributed by atoms with E-state index in [0.29, 0.717) is 11.1 Å². The van der Waals surface area contributed by atoms with Crippen LogP contribution in [0.2, 0.25) is 0 Å². The van der Waals surface area contributed by atoms with Gasteiger partial charge < -0.3 is 10.2 Å². The van der Waals surface area contributed by atoms with E-state index in [1.165, 1.54) is 54.6 Å². The second-order valence-corrected chi connectivity index (χ2v) is 8.33. The highest BCUT2D eigenvalue weighted by Gasteiger charge is 2.20. The predicted octanol–water partition coefficient (Wildman–Crippen LogP) is 2.46. The Bertz CT molecular complexity index is 932. The van der Waals surface area contributed by atoms with Crippen LogP contribution in [0.4, 0.5) is 0 Å². The molecule has 0 unspecified atom stereocenters. The molecule has 0 aliphatic heterocycles. The van der Waals surface area contributed by atoms with E-state index in [1.54, 1.807) is 0 Å². The van der Waals surface area contributed by atoms with Crippen molar-refractivity contribution in [3.8, 4) is 11.5 Å². The van der Waals surface area contributed by atoms with Crippen LogP contribution in [-0.2, 0) is 23.1 Å². The lowest BCUT2D eigenvalue weighted by Gasteiger charge is -2.21. The normalized spacial score (nSPS) is 11.6. The number of carbonyl (C=O) groups is 2. The van der Waals surface area contributed by atoms with E-state index in [0.717, 1.165) is 6.26 Å². The first-order valence-electron chi connectivity index (χ1n) is 8.10. The molecule has 0 saturated heterocycles. The molecule has 2 rings (SSSR count). The number of ketones is 2. The molecular weight excluding hydrogens is 370 g/mol. The highest BCUT2D eigenvalue weighted by Crippen LogP contribution is 2.23. The summed E-state index contributed by atoms with van der Waals surface area (Å²) in [5, 5.41) is 19.5. The number of phenols is 2. The van der Waals surface area contributed by atoms with Crippen LogP contribution in [0.3, 0.4) is 0 Å². The number of nitrogens with zero attached hydrogens (tertiary/aromatic N) is 1. The van der Waals surface area contributed by atoms with E-state index < -0.39 is 10.0 Å². The molecule has 0 spiro atoms. The monoisotopic (exact) mass is 391 g/mol. The molecule has 0 saturated carbocycles. The van der Waals surface area contributed by atoms with Gasteiger partial charge in [-0.25, -0.2) is 8.42 Å². The lowest BCUT2D eigenvalue weighted by Crippen LogP contribution is -2.29. The summed E-state index contributed by atoms with van der Waals surface area (Å²) < 4.78 is 25.6. The minimum Gasteiger partial charge on any atom is -0.507 e. The molecule has 0 aliphatic carbocycles. The molecule has 27 heavy (non-hydrogen) atoms. The van der Waals surface area contributed by atoms with E-state index in [2.05, 4.69) is 0 Å². The summed E-state index contributed by atoms with van der Waals surface area (Å²) in [6.45, 7) is 2.59. The zero-order valence-electron chi connectivity index (χ0n) is 15.3. The summed E-state index contributed by atoms with van der Waals surface area (Å²) in [4.78, 5) is 23.2. The smallest absolute Gasteiger partial charge is 0.211 e. The number of carbonyl (C=O) groups excluding carboxylic acids is 2. The van der Waals surface area contributed by atoms with Crippen molar-refractivity contribution in [2.45, 2.75) is 26.9 Å². The summed E-state index contributed by atoms with van der Waals surface area (Å²) in [5.41, 5.74) is 1.30. The highest BCUT2D eigenvalue weighted by atomic mass is 32.2. The van der Waals surface area contributed by atoms with Crippen LogP contribution in [0.25, 0.3) is 0 Å². The lowest BCUT2D eigenvalue weighted by molar-refractivity contribution is 0.100. The molecule has 0 heterocycles. The molecule has 7 nitrogen and oxygen atoms in total. The Morgan fingerprint density at radius 3 is 1.52 bits per heavy atom. The van der Waals surface area contributed by atoms with Crippen LogP contribution in [0.15, 0.2) is 36.4 Å². The van der Waals surface area contributed by atoms with Crippen molar-refractivity contribution in [1.82, 2.24) is 4.31 Å². The predicted molar refractivity (Wildman–Crippen MR) is 100 cm³/mol. The standard InChI is InChI=1S/C19H21NO6S/c1-12(21)16-8-14(4-6-18(16)23)10-20(27(3,25)26)11-15-5-7-19(24)17(9-15)13(2)22/h4-9,23-24H,10-11H2,1-3H3. The van der Waals surface area contributed by atoms with Crippen LogP contribution < -0.4 is 0 Å². The van der Waals surface area contributed by atoms with Crippen molar-refractivity contribution < 1.29 is 28.2 Å². The number of hydrogen-bond acceptors (Lipinski definition) is 6. The Morgan fingerprint density at radius 2 is 1.22 bits per heavy atom. The third-order valence-electron chi connectivity index (χ3n) is 4.07. The Balaban J connectivity index is 2.35. The van der Waals surface area contributed by atoms with Crippen LogP contribution >= 0.6 is 0 Å². The molecule has 0 radical (unpaired) electrons. The third kappa shape index (κ3) is 5.15. The quantitative estimate of drug-likeness (QED) is 0.701. The van der Waals surface area contributed by atoms with E-state index in [4.69, 9.17) is 0 Å². The second kappa shape index (κ2) is 7.89. The fourth-order valence-electron chi connectivity index (χ4n) is 2.62. The van der Waals surface area contributed by atoms with E-state index in [9.17, 15) is 28.2 Å². The fraction of sp³-hybridized carbons (Fsp3) is 0.263. The van der Waals surface area contributed by atoms with Gasteiger partial charge in [-0.3, -0.25) is 9.59 Å². The van der Waals surface area contributed by atoms with Crippen molar-refractivity contribution in [3.63, 3.8) is 0 Å². The zero-order chi connectivity index (χ0) is 20.4. The van der Waals surface area contributed by atoms with E-state index in [1.807, 2.05) is 0 Å². The minimum absolute atomic E-state index is 0.0182. The van der Waals surface area contributed by atoms with Gasteiger partial charge >= 0.3 is 0 Å². The second-order valence-electron chi connectivity index (χ2n) is 6.35. The van der Waals surface area contributed by atoms with Crippen molar-refractivity contribution in [2.75, 3.05) is 6.26 Å². The number of sulfonamides is 1. The molecule has 2 N–H and O–H groups in total. The maximum absolute atomic E-state index is 12.2. The van der Waals surface area contributed by atoms with Crippen molar-refractivity contribution in [3.05, 3.63) is 58.7 Å². The molecular formula is C19H21NO6S. The zero-order valence-corrected chi connectivity index (χ0v) is 16.1. The van der Waals surface area contributed by atoms with Gasteiger partial charge in [-0.1, -0.05) is 12.1 Å². The minimum atomic E-state index is -3.61. The molecule has 0 aromatic heterocycles. The van der Waals surface area contributed by atoms with Gasteiger partial charge in [0, 0.05) is 13.1 Å². The third-order valence-corrected chi connectivity index (χ3v) is 5.26. The van der Waals surface area contributed by atoms with Crippen molar-refractivity contribution >= 4 is 21.6 Å². The van der Waals surface area contributed by atoms with Crippen molar-refractivity contribution in [1.29, 1.82) is 0 Å². The van der Waals surface area contributed by atoms with Gasteiger partial charge in [0.05, 0.1) is 17.4 Å². The van der Waals surface area contributed by atoms with Crippen LogP contribution in [0, 0.1) is 0 Å². The van der Waals surface area contributed by atoms with Gasteiger partial charge in [0.25, 0.3) is 0 Å². The van der Waals surface area contributed by atoms with Crippen LogP contribution in [-0.4, -0.2) is 40.8 Å². The summed E-state index contributed by atoms with van der Waals surface area (Å²) >= 11 is 0. The maximum Gasteiger partial charge on any atom is 0.211 e. The Kier molecular flexibility index (Phi) is 6.02. The van der Waals surface area contributed by atoms with Crippen molar-refractivity contribution in [2.24, 2.45) is 0 Å². The average Bonchev–Trinajstić information content (AvgIpc) is 2.56. The molecule has 8 heteroatoms. The molecule has 0 atom stereocenters. The van der Waals surface area contributed by atoms with Gasteiger partial charge in [0.1, 0.15) is 11.5 Å².